The summed E-state index contributed by atoms with van der Waals surface area (Å²) in [5, 5.41) is 6.89. The van der Waals surface area contributed by atoms with E-state index in [1.54, 1.807) is 0 Å². The minimum Gasteiger partial charge on any atom is -0.483 e. The van der Waals surface area contributed by atoms with Gasteiger partial charge in [-0.1, -0.05) is 6.42 Å². The maximum absolute atomic E-state index is 10.5. The Hall–Kier alpha value is -0.860. The summed E-state index contributed by atoms with van der Waals surface area (Å²) in [6.45, 7) is -0.250. The molecule has 0 radical (unpaired) electrons. The van der Waals surface area contributed by atoms with Crippen molar-refractivity contribution in [1.29, 1.82) is 0 Å². The zero-order valence-electron chi connectivity index (χ0n) is 5.88. The molecule has 0 unspecified atom stereocenters. The molecule has 0 heterocycles. The third-order valence-electron chi connectivity index (χ3n) is 1.41. The minimum absolute atomic E-state index is 0.250. The molecule has 0 aliphatic heterocycles. The molecule has 0 aromatic heterocycles. The first-order valence-electron chi connectivity index (χ1n) is 3.41. The van der Waals surface area contributed by atoms with Crippen LogP contribution < -0.4 is 0 Å². The second-order valence-electron chi connectivity index (χ2n) is 2.20. The number of carbonyl (C=O) groups excluding carboxylic acids is 1. The molecule has 0 amide bonds. The van der Waals surface area contributed by atoms with Crippen LogP contribution in [-0.4, -0.2) is 17.4 Å². The molecule has 1 N–H and O–H groups in total. The van der Waals surface area contributed by atoms with E-state index in [0.29, 0.717) is 5.78 Å². The Morgan fingerprint density at radius 3 is 1.80 bits per heavy atom. The van der Waals surface area contributed by atoms with Crippen LogP contribution in [0.4, 0.5) is 0 Å². The van der Waals surface area contributed by atoms with Gasteiger partial charge in [0, 0.05) is 12.8 Å². The van der Waals surface area contributed by atoms with Gasteiger partial charge in [0.05, 0.1) is 0 Å². The number of hydrogen-bond donors (Lipinski definition) is 1. The van der Waals surface area contributed by atoms with Crippen LogP contribution in [0.2, 0.25) is 0 Å². The molecule has 0 aromatic rings. The molecule has 1 rings (SSSR count). The Bertz CT molecular complexity index is 101. The quantitative estimate of drug-likeness (QED) is 0.520. The van der Waals surface area contributed by atoms with Crippen LogP contribution in [0.25, 0.3) is 0 Å². The number of hydrogen-bond acceptors (Lipinski definition) is 2. The van der Waals surface area contributed by atoms with Crippen LogP contribution in [0, 0.1) is 0 Å². The van der Waals surface area contributed by atoms with Crippen LogP contribution in [0.3, 0.4) is 0 Å². The lowest BCUT2D eigenvalue weighted by molar-refractivity contribution is -0.123. The summed E-state index contributed by atoms with van der Waals surface area (Å²) < 4.78 is 0. The predicted molar refractivity (Wildman–Crippen MR) is 36.8 cm³/mol. The highest BCUT2D eigenvalue weighted by atomic mass is 16.3. The number of ketones is 1. The number of Topliss-reactive ketones (excluding diaryl/α,β-unsaturated/α-hetero) is 1. The lowest BCUT2D eigenvalue weighted by Crippen LogP contribution is -2.02. The van der Waals surface area contributed by atoms with E-state index in [2.05, 4.69) is 0 Å². The Balaban J connectivity index is 0.000000236. The van der Waals surface area contributed by atoms with Crippen LogP contribution in [0.5, 0.6) is 0 Å². The summed E-state index contributed by atoms with van der Waals surface area (Å²) in [6.07, 6.45) is 5.24. The highest BCUT2D eigenvalue weighted by Gasteiger charge is 2.05. The lowest BCUT2D eigenvalue weighted by Gasteiger charge is -2.05. The van der Waals surface area contributed by atoms with Gasteiger partial charge >= 0.3 is 0 Å². The zero-order chi connectivity index (χ0) is 7.82. The van der Waals surface area contributed by atoms with Gasteiger partial charge in [0.2, 0.25) is 0 Å². The van der Waals surface area contributed by atoms with E-state index >= 15 is 0 Å². The maximum atomic E-state index is 10.5. The molecule has 0 aromatic carbocycles. The first kappa shape index (κ1) is 9.14. The fraction of sp³-hybridized carbons (Fsp3) is 0.714. The van der Waals surface area contributed by atoms with Crippen molar-refractivity contribution in [3.63, 3.8) is 0 Å². The smallest absolute Gasteiger partial charge is 0.290 e. The van der Waals surface area contributed by atoms with Crippen LogP contribution in [-0.2, 0) is 9.59 Å². The van der Waals surface area contributed by atoms with Crippen molar-refractivity contribution < 1.29 is 14.7 Å². The average molecular weight is 144 g/mol. The molecule has 0 atom stereocenters. The van der Waals surface area contributed by atoms with Gasteiger partial charge in [0.1, 0.15) is 5.78 Å². The molecule has 1 aliphatic carbocycles. The summed E-state index contributed by atoms with van der Waals surface area (Å²) in [7, 11) is 0. The summed E-state index contributed by atoms with van der Waals surface area (Å²) in [6, 6.07) is 0. The molecule has 10 heavy (non-hydrogen) atoms. The fourth-order valence-corrected chi connectivity index (χ4v) is 0.946. The van der Waals surface area contributed by atoms with E-state index in [1.165, 1.54) is 6.42 Å². The maximum Gasteiger partial charge on any atom is 0.290 e. The molecular formula is C7H12O3. The molecule has 0 spiro atoms. The summed E-state index contributed by atoms with van der Waals surface area (Å²) >= 11 is 0. The van der Waals surface area contributed by atoms with E-state index < -0.39 is 0 Å². The molecule has 0 bridgehead atoms. The predicted octanol–water partition coefficient (Wildman–Crippen LogP) is 1.22. The van der Waals surface area contributed by atoms with Gasteiger partial charge in [-0.25, -0.2) is 0 Å². The Morgan fingerprint density at radius 1 is 1.20 bits per heavy atom. The largest absolute Gasteiger partial charge is 0.483 e. The Morgan fingerprint density at radius 2 is 1.60 bits per heavy atom. The number of carbonyl (C=O) groups is 2. The molecule has 1 fully saturated rings. The monoisotopic (exact) mass is 144 g/mol. The van der Waals surface area contributed by atoms with Crippen LogP contribution >= 0.6 is 0 Å². The van der Waals surface area contributed by atoms with Crippen molar-refractivity contribution in [2.24, 2.45) is 0 Å². The van der Waals surface area contributed by atoms with Crippen molar-refractivity contribution in [2.45, 2.75) is 32.1 Å². The topological polar surface area (TPSA) is 54.4 Å². The van der Waals surface area contributed by atoms with Gasteiger partial charge in [-0.3, -0.25) is 9.59 Å². The highest BCUT2D eigenvalue weighted by Crippen LogP contribution is 2.12. The van der Waals surface area contributed by atoms with Gasteiger partial charge in [0.15, 0.2) is 0 Å². The van der Waals surface area contributed by atoms with Crippen molar-refractivity contribution in [2.75, 3.05) is 0 Å². The van der Waals surface area contributed by atoms with E-state index in [0.717, 1.165) is 25.7 Å². The summed E-state index contributed by atoms with van der Waals surface area (Å²) in [4.78, 5) is 18.8. The number of carboxylic acid groups (broad SMARTS) is 1. The SMILES string of the molecule is O=C1CCCCC1.O=CO. The van der Waals surface area contributed by atoms with Crippen molar-refractivity contribution >= 4 is 12.3 Å². The fourth-order valence-electron chi connectivity index (χ4n) is 0.946. The molecular weight excluding hydrogens is 132 g/mol. The second kappa shape index (κ2) is 6.26. The molecule has 0 saturated heterocycles. The van der Waals surface area contributed by atoms with Crippen molar-refractivity contribution in [1.82, 2.24) is 0 Å². The first-order chi connectivity index (χ1) is 4.81. The molecule has 3 nitrogen and oxygen atoms in total. The lowest BCUT2D eigenvalue weighted by atomic mass is 10.00. The molecule has 1 saturated carbocycles. The van der Waals surface area contributed by atoms with Gasteiger partial charge in [-0.15, -0.1) is 0 Å². The Kier molecular flexibility index (Phi) is 5.72. The third-order valence-corrected chi connectivity index (χ3v) is 1.41. The van der Waals surface area contributed by atoms with E-state index in [9.17, 15) is 4.79 Å². The van der Waals surface area contributed by atoms with Gasteiger partial charge in [0.25, 0.3) is 6.47 Å². The average Bonchev–Trinajstić information content (AvgIpc) is 1.91. The van der Waals surface area contributed by atoms with E-state index in [-0.39, 0.29) is 6.47 Å². The van der Waals surface area contributed by atoms with Crippen molar-refractivity contribution in [3.05, 3.63) is 0 Å². The van der Waals surface area contributed by atoms with Gasteiger partial charge in [-0.2, -0.15) is 0 Å². The van der Waals surface area contributed by atoms with E-state index in [4.69, 9.17) is 9.90 Å². The van der Waals surface area contributed by atoms with Gasteiger partial charge in [-0.05, 0) is 12.8 Å². The third kappa shape index (κ3) is 5.28. The normalized spacial score (nSPS) is 17.0. The summed E-state index contributed by atoms with van der Waals surface area (Å²) in [5.74, 6) is 0.464. The molecule has 3 heteroatoms. The molecule has 1 aliphatic rings. The van der Waals surface area contributed by atoms with Crippen LogP contribution in [0.1, 0.15) is 32.1 Å². The minimum atomic E-state index is -0.250. The highest BCUT2D eigenvalue weighted by molar-refractivity contribution is 5.78. The Labute approximate surface area is 60.0 Å². The van der Waals surface area contributed by atoms with Crippen LogP contribution in [0.15, 0.2) is 0 Å². The zero-order valence-corrected chi connectivity index (χ0v) is 5.88. The first-order valence-corrected chi connectivity index (χ1v) is 3.41. The number of rotatable bonds is 0. The van der Waals surface area contributed by atoms with E-state index in [1.807, 2.05) is 0 Å². The van der Waals surface area contributed by atoms with Gasteiger partial charge < -0.3 is 5.11 Å². The van der Waals surface area contributed by atoms with Crippen molar-refractivity contribution in [3.8, 4) is 0 Å². The standard InChI is InChI=1S/C6H10O.CH2O2/c7-6-4-2-1-3-5-6;2-1-3/h1-5H2;1H,(H,2,3). The molecule has 58 valence electrons. The second-order valence-corrected chi connectivity index (χ2v) is 2.20. The summed E-state index contributed by atoms with van der Waals surface area (Å²) in [5.41, 5.74) is 0.